The Hall–Kier alpha value is -2.33. The lowest BCUT2D eigenvalue weighted by atomic mass is 10.0. The molecule has 2 aromatic rings. The summed E-state index contributed by atoms with van der Waals surface area (Å²) in [6.07, 6.45) is 9.96. The summed E-state index contributed by atoms with van der Waals surface area (Å²) in [7, 11) is 0. The number of aromatic nitrogens is 2. The first-order chi connectivity index (χ1) is 11.3. The summed E-state index contributed by atoms with van der Waals surface area (Å²) in [6.45, 7) is 2.66. The Morgan fingerprint density at radius 2 is 2.00 bits per heavy atom. The number of H-pyrrole nitrogens is 1. The highest BCUT2D eigenvalue weighted by Gasteiger charge is 2.23. The fourth-order valence-electron chi connectivity index (χ4n) is 3.40. The van der Waals surface area contributed by atoms with Crippen molar-refractivity contribution in [3.63, 3.8) is 0 Å². The molecule has 2 aliphatic rings. The number of para-hydroxylation sites is 1. The van der Waals surface area contributed by atoms with Crippen molar-refractivity contribution in [3.8, 4) is 5.69 Å². The topological polar surface area (TPSA) is 41.0 Å². The van der Waals surface area contributed by atoms with Gasteiger partial charge in [0.25, 0.3) is 5.56 Å². The van der Waals surface area contributed by atoms with E-state index in [9.17, 15) is 4.79 Å². The SMILES string of the molecule is O=c1c2c([nH]n1-c1ccccc1)CCN(CC1=CCCC=C1)C2. The quantitative estimate of drug-likeness (QED) is 0.947. The van der Waals surface area contributed by atoms with Gasteiger partial charge < -0.3 is 0 Å². The van der Waals surface area contributed by atoms with E-state index in [1.807, 2.05) is 30.3 Å². The molecule has 4 rings (SSSR count). The molecule has 1 aromatic carbocycles. The van der Waals surface area contributed by atoms with Crippen molar-refractivity contribution >= 4 is 0 Å². The molecule has 2 heterocycles. The third-order valence-electron chi connectivity index (χ3n) is 4.62. The van der Waals surface area contributed by atoms with Crippen LogP contribution in [0.15, 0.2) is 58.9 Å². The van der Waals surface area contributed by atoms with E-state index in [0.29, 0.717) is 0 Å². The van der Waals surface area contributed by atoms with Crippen LogP contribution in [0.2, 0.25) is 0 Å². The zero-order chi connectivity index (χ0) is 15.6. The van der Waals surface area contributed by atoms with Crippen LogP contribution in [-0.2, 0) is 13.0 Å². The summed E-state index contributed by atoms with van der Waals surface area (Å²) in [6, 6.07) is 9.79. The van der Waals surface area contributed by atoms with Gasteiger partial charge in [0.2, 0.25) is 0 Å². The number of benzene rings is 1. The van der Waals surface area contributed by atoms with Crippen molar-refractivity contribution in [2.75, 3.05) is 13.1 Å². The van der Waals surface area contributed by atoms with Crippen LogP contribution in [0.5, 0.6) is 0 Å². The largest absolute Gasteiger partial charge is 0.295 e. The Balaban J connectivity index is 1.58. The van der Waals surface area contributed by atoms with Crippen LogP contribution in [0.25, 0.3) is 5.69 Å². The number of hydrogen-bond acceptors (Lipinski definition) is 2. The van der Waals surface area contributed by atoms with Crippen LogP contribution < -0.4 is 5.56 Å². The molecule has 1 aromatic heterocycles. The van der Waals surface area contributed by atoms with Gasteiger partial charge in [-0.2, -0.15) is 0 Å². The van der Waals surface area contributed by atoms with Gasteiger partial charge in [0, 0.05) is 31.7 Å². The second-order valence-electron chi connectivity index (χ2n) is 6.26. The molecule has 118 valence electrons. The molecular formula is C19H21N3O. The summed E-state index contributed by atoms with van der Waals surface area (Å²) >= 11 is 0. The smallest absolute Gasteiger partial charge is 0.275 e. The maximum absolute atomic E-state index is 12.7. The summed E-state index contributed by atoms with van der Waals surface area (Å²) in [5, 5.41) is 3.29. The third kappa shape index (κ3) is 2.82. The van der Waals surface area contributed by atoms with E-state index in [0.717, 1.165) is 55.8 Å². The molecule has 0 saturated heterocycles. The minimum absolute atomic E-state index is 0.0871. The number of nitrogens with zero attached hydrogens (tertiary/aromatic N) is 2. The fraction of sp³-hybridized carbons (Fsp3) is 0.316. The van der Waals surface area contributed by atoms with Gasteiger partial charge in [0.15, 0.2) is 0 Å². The Morgan fingerprint density at radius 1 is 1.13 bits per heavy atom. The molecule has 4 nitrogen and oxygen atoms in total. The highest BCUT2D eigenvalue weighted by atomic mass is 16.1. The second-order valence-corrected chi connectivity index (χ2v) is 6.26. The Labute approximate surface area is 135 Å². The molecule has 0 saturated carbocycles. The minimum Gasteiger partial charge on any atom is -0.295 e. The molecule has 23 heavy (non-hydrogen) atoms. The first-order valence-corrected chi connectivity index (χ1v) is 8.27. The summed E-state index contributed by atoms with van der Waals surface area (Å²) in [5.41, 5.74) is 4.36. The molecule has 1 N–H and O–H groups in total. The van der Waals surface area contributed by atoms with Crippen molar-refractivity contribution in [1.82, 2.24) is 14.7 Å². The average Bonchev–Trinajstić information content (AvgIpc) is 2.93. The molecule has 0 fully saturated rings. The van der Waals surface area contributed by atoms with Crippen molar-refractivity contribution in [1.29, 1.82) is 0 Å². The van der Waals surface area contributed by atoms with E-state index in [4.69, 9.17) is 0 Å². The first kappa shape index (κ1) is 14.3. The lowest BCUT2D eigenvalue weighted by molar-refractivity contribution is 0.275. The highest BCUT2D eigenvalue weighted by molar-refractivity contribution is 5.34. The van der Waals surface area contributed by atoms with Gasteiger partial charge in [-0.1, -0.05) is 36.4 Å². The van der Waals surface area contributed by atoms with E-state index in [1.165, 1.54) is 5.57 Å². The standard InChI is InChI=1S/C19H21N3O/c23-19-17-14-21(13-15-7-3-1-4-8-15)12-11-18(17)20-22(19)16-9-5-2-6-10-16/h2-3,5-10,20H,1,4,11-14H2. The zero-order valence-electron chi connectivity index (χ0n) is 13.2. The molecule has 0 radical (unpaired) electrons. The van der Waals surface area contributed by atoms with Crippen LogP contribution in [0.1, 0.15) is 24.1 Å². The summed E-state index contributed by atoms with van der Waals surface area (Å²) < 4.78 is 1.67. The molecule has 1 aliphatic carbocycles. The lowest BCUT2D eigenvalue weighted by Crippen LogP contribution is -2.34. The molecule has 0 spiro atoms. The van der Waals surface area contributed by atoms with Crippen LogP contribution in [0.4, 0.5) is 0 Å². The molecule has 0 unspecified atom stereocenters. The van der Waals surface area contributed by atoms with E-state index in [1.54, 1.807) is 4.68 Å². The predicted molar refractivity (Wildman–Crippen MR) is 91.8 cm³/mol. The van der Waals surface area contributed by atoms with Crippen molar-refractivity contribution in [2.45, 2.75) is 25.8 Å². The number of nitrogens with one attached hydrogen (secondary N) is 1. The number of rotatable bonds is 3. The van der Waals surface area contributed by atoms with Gasteiger partial charge in [0.1, 0.15) is 0 Å². The normalized spacial score (nSPS) is 17.8. The van der Waals surface area contributed by atoms with E-state index in [-0.39, 0.29) is 5.56 Å². The minimum atomic E-state index is 0.0871. The maximum atomic E-state index is 12.7. The lowest BCUT2D eigenvalue weighted by Gasteiger charge is -2.26. The predicted octanol–water partition coefficient (Wildman–Crippen LogP) is 2.80. The third-order valence-corrected chi connectivity index (χ3v) is 4.62. The monoisotopic (exact) mass is 307 g/mol. The molecule has 0 bridgehead atoms. The molecule has 0 atom stereocenters. The zero-order valence-corrected chi connectivity index (χ0v) is 13.2. The van der Waals surface area contributed by atoms with Crippen molar-refractivity contribution in [3.05, 3.63) is 75.7 Å². The number of allylic oxidation sites excluding steroid dienone is 2. The van der Waals surface area contributed by atoms with Crippen LogP contribution >= 0.6 is 0 Å². The van der Waals surface area contributed by atoms with Crippen molar-refractivity contribution in [2.24, 2.45) is 0 Å². The highest BCUT2D eigenvalue weighted by Crippen LogP contribution is 2.18. The van der Waals surface area contributed by atoms with E-state index < -0.39 is 0 Å². The van der Waals surface area contributed by atoms with Gasteiger partial charge in [0.05, 0.1) is 11.3 Å². The van der Waals surface area contributed by atoms with Crippen LogP contribution in [0, 0.1) is 0 Å². The second kappa shape index (κ2) is 6.05. The number of fused-ring (bicyclic) bond motifs is 1. The van der Waals surface area contributed by atoms with E-state index in [2.05, 4.69) is 28.2 Å². The summed E-state index contributed by atoms with van der Waals surface area (Å²) in [4.78, 5) is 15.1. The molecule has 0 amide bonds. The van der Waals surface area contributed by atoms with Gasteiger partial charge >= 0.3 is 0 Å². The van der Waals surface area contributed by atoms with Crippen LogP contribution in [-0.4, -0.2) is 27.8 Å². The maximum Gasteiger partial charge on any atom is 0.275 e. The van der Waals surface area contributed by atoms with Crippen LogP contribution in [0.3, 0.4) is 0 Å². The Bertz CT molecular complexity index is 811. The van der Waals surface area contributed by atoms with E-state index >= 15 is 0 Å². The Morgan fingerprint density at radius 3 is 2.78 bits per heavy atom. The number of aromatic amines is 1. The first-order valence-electron chi connectivity index (χ1n) is 8.27. The fourth-order valence-corrected chi connectivity index (χ4v) is 3.40. The summed E-state index contributed by atoms with van der Waals surface area (Å²) in [5.74, 6) is 0. The van der Waals surface area contributed by atoms with Gasteiger partial charge in [-0.3, -0.25) is 14.8 Å². The Kier molecular flexibility index (Phi) is 3.75. The van der Waals surface area contributed by atoms with Crippen molar-refractivity contribution < 1.29 is 0 Å². The average molecular weight is 307 g/mol. The molecule has 1 aliphatic heterocycles. The molecule has 4 heteroatoms. The van der Waals surface area contributed by atoms with Gasteiger partial charge in [-0.15, -0.1) is 0 Å². The van der Waals surface area contributed by atoms with Gasteiger partial charge in [-0.25, -0.2) is 4.68 Å². The van der Waals surface area contributed by atoms with Gasteiger partial charge in [-0.05, 0) is 30.5 Å². The molecular weight excluding hydrogens is 286 g/mol. The number of hydrogen-bond donors (Lipinski definition) is 1.